The third-order valence-electron chi connectivity index (χ3n) is 2.29. The Balaban J connectivity index is 2.50. The number of unbranched alkanes of at least 4 members (excludes halogenated alkanes) is 2. The number of anilines is 1. The van der Waals surface area contributed by atoms with E-state index in [1.54, 1.807) is 6.08 Å². The SMILES string of the molecule is N#CCCC/C=C/c1nccc(NC(=S)NCC(F)(F)F)n1. The van der Waals surface area contributed by atoms with Crippen LogP contribution in [0.25, 0.3) is 6.08 Å². The maximum absolute atomic E-state index is 12.0. The molecule has 5 nitrogen and oxygen atoms in total. The van der Waals surface area contributed by atoms with Gasteiger partial charge in [-0.1, -0.05) is 6.08 Å². The van der Waals surface area contributed by atoms with Gasteiger partial charge in [0.25, 0.3) is 0 Å². The van der Waals surface area contributed by atoms with E-state index in [-0.39, 0.29) is 5.11 Å². The third-order valence-corrected chi connectivity index (χ3v) is 2.54. The summed E-state index contributed by atoms with van der Waals surface area (Å²) in [6.07, 6.45) is 2.58. The van der Waals surface area contributed by atoms with Crippen molar-refractivity contribution < 1.29 is 13.2 Å². The normalized spacial score (nSPS) is 11.2. The Morgan fingerprint density at radius 3 is 2.91 bits per heavy atom. The first-order chi connectivity index (χ1) is 10.4. The van der Waals surface area contributed by atoms with Crippen LogP contribution in [-0.2, 0) is 0 Å². The highest BCUT2D eigenvalue weighted by Gasteiger charge is 2.26. The monoisotopic (exact) mass is 329 g/mol. The number of halogens is 3. The molecule has 0 atom stereocenters. The van der Waals surface area contributed by atoms with E-state index in [2.05, 4.69) is 15.3 Å². The van der Waals surface area contributed by atoms with Crippen molar-refractivity contribution in [2.45, 2.75) is 25.4 Å². The molecule has 1 aromatic heterocycles. The molecule has 22 heavy (non-hydrogen) atoms. The molecule has 0 saturated carbocycles. The van der Waals surface area contributed by atoms with Crippen LogP contribution in [0.5, 0.6) is 0 Å². The van der Waals surface area contributed by atoms with Gasteiger partial charge in [0.2, 0.25) is 0 Å². The van der Waals surface area contributed by atoms with Gasteiger partial charge >= 0.3 is 6.18 Å². The van der Waals surface area contributed by atoms with Crippen molar-refractivity contribution in [1.29, 1.82) is 5.26 Å². The van der Waals surface area contributed by atoms with Gasteiger partial charge in [-0.15, -0.1) is 0 Å². The molecule has 0 spiro atoms. The number of nitriles is 1. The van der Waals surface area contributed by atoms with Crippen molar-refractivity contribution in [2.75, 3.05) is 11.9 Å². The Kier molecular flexibility index (Phi) is 7.25. The molecule has 1 heterocycles. The molecule has 0 aliphatic rings. The zero-order chi connectivity index (χ0) is 16.4. The molecule has 0 saturated heterocycles. The van der Waals surface area contributed by atoms with Crippen LogP contribution < -0.4 is 10.6 Å². The molecule has 0 amide bonds. The van der Waals surface area contributed by atoms with Gasteiger partial charge in [-0.3, -0.25) is 0 Å². The Labute approximate surface area is 131 Å². The number of alkyl halides is 3. The summed E-state index contributed by atoms with van der Waals surface area (Å²) in [5, 5.41) is 12.8. The average Bonchev–Trinajstić information content (AvgIpc) is 2.45. The number of hydrogen-bond acceptors (Lipinski definition) is 4. The summed E-state index contributed by atoms with van der Waals surface area (Å²) < 4.78 is 36.1. The molecule has 0 bridgehead atoms. The van der Waals surface area contributed by atoms with Gasteiger partial charge in [0.1, 0.15) is 12.4 Å². The Morgan fingerprint density at radius 2 is 2.23 bits per heavy atom. The number of allylic oxidation sites excluding steroid dienone is 1. The second-order valence-electron chi connectivity index (χ2n) is 4.18. The van der Waals surface area contributed by atoms with Crippen molar-refractivity contribution in [2.24, 2.45) is 0 Å². The minimum atomic E-state index is -4.34. The number of rotatable bonds is 6. The molecule has 0 aliphatic heterocycles. The summed E-state index contributed by atoms with van der Waals surface area (Å²) in [4.78, 5) is 8.10. The standard InChI is InChI=1S/C13H14F3N5S/c14-13(15,16)9-19-12(22)21-11-6-8-18-10(20-11)5-3-1-2-4-7-17/h3,5-6,8H,1-2,4,9H2,(H2,18,19,20,21,22)/b5-3+. The third kappa shape index (κ3) is 8.16. The second-order valence-corrected chi connectivity index (χ2v) is 4.58. The highest BCUT2D eigenvalue weighted by atomic mass is 32.1. The van der Waals surface area contributed by atoms with Gasteiger partial charge in [0.05, 0.1) is 6.07 Å². The average molecular weight is 329 g/mol. The van der Waals surface area contributed by atoms with Gasteiger partial charge in [0.15, 0.2) is 10.9 Å². The van der Waals surface area contributed by atoms with Crippen LogP contribution in [0.1, 0.15) is 25.1 Å². The van der Waals surface area contributed by atoms with Crippen LogP contribution >= 0.6 is 12.2 Å². The van der Waals surface area contributed by atoms with E-state index in [0.29, 0.717) is 18.1 Å². The van der Waals surface area contributed by atoms with Crippen molar-refractivity contribution in [3.63, 3.8) is 0 Å². The molecule has 0 radical (unpaired) electrons. The molecule has 118 valence electrons. The molecular formula is C13H14F3N5S. The van der Waals surface area contributed by atoms with Crippen LogP contribution in [0.4, 0.5) is 19.0 Å². The smallest absolute Gasteiger partial charge is 0.353 e. The summed E-state index contributed by atoms with van der Waals surface area (Å²) in [5.41, 5.74) is 0. The van der Waals surface area contributed by atoms with E-state index < -0.39 is 12.7 Å². The van der Waals surface area contributed by atoms with Gasteiger partial charge in [-0.2, -0.15) is 18.4 Å². The Morgan fingerprint density at radius 1 is 1.45 bits per heavy atom. The molecule has 9 heteroatoms. The van der Waals surface area contributed by atoms with E-state index in [1.165, 1.54) is 12.3 Å². The van der Waals surface area contributed by atoms with Crippen molar-refractivity contribution in [3.8, 4) is 6.07 Å². The lowest BCUT2D eigenvalue weighted by Crippen LogP contribution is -2.36. The van der Waals surface area contributed by atoms with Crippen LogP contribution in [0.2, 0.25) is 0 Å². The molecule has 0 aliphatic carbocycles. The fraction of sp³-hybridized carbons (Fsp3) is 0.385. The quantitative estimate of drug-likeness (QED) is 0.617. The summed E-state index contributed by atoms with van der Waals surface area (Å²) in [7, 11) is 0. The largest absolute Gasteiger partial charge is 0.405 e. The summed E-state index contributed by atoms with van der Waals surface area (Å²) in [5.74, 6) is 0.701. The second kappa shape index (κ2) is 8.94. The predicted octanol–water partition coefficient (Wildman–Crippen LogP) is 3.03. The van der Waals surface area contributed by atoms with Gasteiger partial charge in [0, 0.05) is 12.6 Å². The van der Waals surface area contributed by atoms with Crippen molar-refractivity contribution >= 4 is 29.2 Å². The number of aromatic nitrogens is 2. The number of thiocarbonyl (C=S) groups is 1. The minimum Gasteiger partial charge on any atom is -0.353 e. The lowest BCUT2D eigenvalue weighted by atomic mass is 10.2. The van der Waals surface area contributed by atoms with Gasteiger partial charge < -0.3 is 10.6 Å². The maximum Gasteiger partial charge on any atom is 0.405 e. The minimum absolute atomic E-state index is 0.167. The zero-order valence-corrected chi connectivity index (χ0v) is 12.3. The first-order valence-corrected chi connectivity index (χ1v) is 6.79. The van der Waals surface area contributed by atoms with Crippen molar-refractivity contribution in [3.05, 3.63) is 24.2 Å². The lowest BCUT2D eigenvalue weighted by Gasteiger charge is -2.11. The van der Waals surface area contributed by atoms with Crippen LogP contribution in [0.3, 0.4) is 0 Å². The van der Waals surface area contributed by atoms with E-state index in [0.717, 1.165) is 12.8 Å². The van der Waals surface area contributed by atoms with Crippen molar-refractivity contribution in [1.82, 2.24) is 15.3 Å². The van der Waals surface area contributed by atoms with Crippen LogP contribution in [-0.4, -0.2) is 27.8 Å². The van der Waals surface area contributed by atoms with E-state index in [9.17, 15) is 13.2 Å². The van der Waals surface area contributed by atoms with E-state index in [4.69, 9.17) is 17.5 Å². The first-order valence-electron chi connectivity index (χ1n) is 6.39. The number of nitrogens with zero attached hydrogens (tertiary/aromatic N) is 3. The highest BCUT2D eigenvalue weighted by molar-refractivity contribution is 7.80. The molecule has 0 unspecified atom stereocenters. The number of hydrogen-bond donors (Lipinski definition) is 2. The molecular weight excluding hydrogens is 315 g/mol. The Hall–Kier alpha value is -2.21. The fourth-order valence-electron chi connectivity index (χ4n) is 1.35. The molecule has 1 aromatic rings. The van der Waals surface area contributed by atoms with Crippen LogP contribution in [0.15, 0.2) is 18.3 Å². The predicted molar refractivity (Wildman–Crippen MR) is 80.8 cm³/mol. The number of nitrogens with one attached hydrogen (secondary N) is 2. The Bertz CT molecular complexity index is 566. The molecule has 1 rings (SSSR count). The molecule has 0 fully saturated rings. The van der Waals surface area contributed by atoms with E-state index >= 15 is 0 Å². The summed E-state index contributed by atoms with van der Waals surface area (Å²) >= 11 is 4.75. The topological polar surface area (TPSA) is 73.6 Å². The lowest BCUT2D eigenvalue weighted by molar-refractivity contribution is -0.121. The summed E-state index contributed by atoms with van der Waals surface area (Å²) in [6.45, 7) is -1.21. The summed E-state index contributed by atoms with van der Waals surface area (Å²) in [6, 6.07) is 3.54. The fourth-order valence-corrected chi connectivity index (χ4v) is 1.53. The molecule has 2 N–H and O–H groups in total. The first kappa shape index (κ1) is 17.8. The van der Waals surface area contributed by atoms with Gasteiger partial charge in [-0.25, -0.2) is 9.97 Å². The van der Waals surface area contributed by atoms with E-state index in [1.807, 2.05) is 17.5 Å². The maximum atomic E-state index is 12.0. The van der Waals surface area contributed by atoms with Gasteiger partial charge in [-0.05, 0) is 37.2 Å². The van der Waals surface area contributed by atoms with Crippen LogP contribution in [0, 0.1) is 11.3 Å². The highest BCUT2D eigenvalue weighted by Crippen LogP contribution is 2.12. The zero-order valence-electron chi connectivity index (χ0n) is 11.5. The molecule has 0 aromatic carbocycles.